The van der Waals surface area contributed by atoms with Crippen molar-refractivity contribution in [3.63, 3.8) is 0 Å². The predicted octanol–water partition coefficient (Wildman–Crippen LogP) is 1.76. The fourth-order valence-corrected chi connectivity index (χ4v) is 3.12. The lowest BCUT2D eigenvalue weighted by Gasteiger charge is -2.22. The highest BCUT2D eigenvalue weighted by Gasteiger charge is 2.27. The Bertz CT molecular complexity index is 916. The molecule has 0 unspecified atom stereocenters. The van der Waals surface area contributed by atoms with Crippen LogP contribution < -0.4 is 16.0 Å². The van der Waals surface area contributed by atoms with Crippen molar-refractivity contribution < 1.29 is 24.3 Å². The van der Waals surface area contributed by atoms with E-state index in [2.05, 4.69) is 16.0 Å². The molecule has 0 bridgehead atoms. The predicted molar refractivity (Wildman–Crippen MR) is 120 cm³/mol. The van der Waals surface area contributed by atoms with Gasteiger partial charge in [0.2, 0.25) is 11.8 Å². The molecule has 2 rings (SSSR count). The molecule has 2 atom stereocenters. The van der Waals surface area contributed by atoms with Crippen LogP contribution in [0.5, 0.6) is 0 Å². The van der Waals surface area contributed by atoms with Crippen LogP contribution in [0, 0.1) is 5.92 Å². The van der Waals surface area contributed by atoms with Crippen molar-refractivity contribution in [2.75, 3.05) is 6.54 Å². The van der Waals surface area contributed by atoms with Gasteiger partial charge in [0.15, 0.2) is 0 Å². The summed E-state index contributed by atoms with van der Waals surface area (Å²) in [4.78, 5) is 49.0. The molecule has 3 amide bonds. The Balaban J connectivity index is 2.05. The summed E-state index contributed by atoms with van der Waals surface area (Å²) in [6.07, 6.45) is 0.444. The number of carboxylic acid groups (broad SMARTS) is 1. The first-order valence-corrected chi connectivity index (χ1v) is 10.5. The number of nitrogens with one attached hydrogen (secondary N) is 3. The first-order valence-electron chi connectivity index (χ1n) is 10.5. The average molecular weight is 440 g/mol. The molecule has 8 nitrogen and oxygen atoms in total. The van der Waals surface area contributed by atoms with Gasteiger partial charge in [0.1, 0.15) is 12.1 Å². The SMILES string of the molecule is CC(C)C[C@H](NC(=O)[C@H](Cc1ccccc1)NC(=O)CNC(=O)c1ccccc1)C(=O)O. The summed E-state index contributed by atoms with van der Waals surface area (Å²) < 4.78 is 0. The van der Waals surface area contributed by atoms with Gasteiger partial charge in [0.25, 0.3) is 5.91 Å². The summed E-state index contributed by atoms with van der Waals surface area (Å²) in [6, 6.07) is 15.5. The van der Waals surface area contributed by atoms with Gasteiger partial charge in [-0.1, -0.05) is 62.4 Å². The molecule has 2 aromatic rings. The molecule has 0 spiro atoms. The normalized spacial score (nSPS) is 12.5. The van der Waals surface area contributed by atoms with E-state index in [0.29, 0.717) is 5.56 Å². The lowest BCUT2D eigenvalue weighted by molar-refractivity contribution is -0.142. The highest BCUT2D eigenvalue weighted by molar-refractivity contribution is 5.97. The summed E-state index contributed by atoms with van der Waals surface area (Å²) in [6.45, 7) is 3.40. The van der Waals surface area contributed by atoms with Crippen LogP contribution in [0.15, 0.2) is 60.7 Å². The zero-order valence-corrected chi connectivity index (χ0v) is 18.2. The fraction of sp³-hybridized carbons (Fsp3) is 0.333. The molecular formula is C24H29N3O5. The molecule has 0 heterocycles. The molecule has 0 aliphatic rings. The lowest BCUT2D eigenvalue weighted by Crippen LogP contribution is -2.54. The van der Waals surface area contributed by atoms with Crippen molar-refractivity contribution >= 4 is 23.7 Å². The topological polar surface area (TPSA) is 125 Å². The Kier molecular flexibility index (Phi) is 9.41. The van der Waals surface area contributed by atoms with Crippen LogP contribution in [0.4, 0.5) is 0 Å². The number of rotatable bonds is 11. The maximum absolute atomic E-state index is 12.9. The molecule has 0 radical (unpaired) electrons. The van der Waals surface area contributed by atoms with Gasteiger partial charge in [-0.2, -0.15) is 0 Å². The monoisotopic (exact) mass is 439 g/mol. The smallest absolute Gasteiger partial charge is 0.326 e. The van der Waals surface area contributed by atoms with Crippen LogP contribution in [-0.4, -0.2) is 47.4 Å². The maximum atomic E-state index is 12.9. The average Bonchev–Trinajstić information content (AvgIpc) is 2.77. The minimum Gasteiger partial charge on any atom is -0.480 e. The molecular weight excluding hydrogens is 410 g/mol. The third kappa shape index (κ3) is 8.22. The highest BCUT2D eigenvalue weighted by Crippen LogP contribution is 2.08. The van der Waals surface area contributed by atoms with Crippen molar-refractivity contribution in [1.29, 1.82) is 0 Å². The number of carbonyl (C=O) groups is 4. The van der Waals surface area contributed by atoms with Crippen molar-refractivity contribution in [1.82, 2.24) is 16.0 Å². The second kappa shape index (κ2) is 12.2. The van der Waals surface area contributed by atoms with Crippen molar-refractivity contribution in [3.8, 4) is 0 Å². The largest absolute Gasteiger partial charge is 0.480 e. The van der Waals surface area contributed by atoms with Crippen LogP contribution in [0.3, 0.4) is 0 Å². The molecule has 32 heavy (non-hydrogen) atoms. The van der Waals surface area contributed by atoms with E-state index in [0.717, 1.165) is 5.56 Å². The van der Waals surface area contributed by atoms with Gasteiger partial charge in [-0.25, -0.2) is 4.79 Å². The Morgan fingerprint density at radius 2 is 1.44 bits per heavy atom. The van der Waals surface area contributed by atoms with Gasteiger partial charge in [-0.15, -0.1) is 0 Å². The van der Waals surface area contributed by atoms with Crippen LogP contribution in [0.1, 0.15) is 36.2 Å². The molecule has 0 aliphatic carbocycles. The van der Waals surface area contributed by atoms with Crippen LogP contribution >= 0.6 is 0 Å². The van der Waals surface area contributed by atoms with E-state index in [1.54, 1.807) is 30.3 Å². The molecule has 0 saturated carbocycles. The van der Waals surface area contributed by atoms with E-state index in [1.807, 2.05) is 44.2 Å². The van der Waals surface area contributed by atoms with Crippen molar-refractivity contribution in [2.45, 2.75) is 38.8 Å². The molecule has 0 aromatic heterocycles. The third-order valence-electron chi connectivity index (χ3n) is 4.70. The first kappa shape index (κ1) is 24.6. The maximum Gasteiger partial charge on any atom is 0.326 e. The molecule has 170 valence electrons. The third-order valence-corrected chi connectivity index (χ3v) is 4.70. The van der Waals surface area contributed by atoms with Gasteiger partial charge >= 0.3 is 5.97 Å². The summed E-state index contributed by atoms with van der Waals surface area (Å²) in [7, 11) is 0. The van der Waals surface area contributed by atoms with E-state index >= 15 is 0 Å². The lowest BCUT2D eigenvalue weighted by atomic mass is 10.0. The highest BCUT2D eigenvalue weighted by atomic mass is 16.4. The molecule has 0 fully saturated rings. The van der Waals surface area contributed by atoms with Gasteiger partial charge < -0.3 is 21.1 Å². The van der Waals surface area contributed by atoms with Crippen LogP contribution in [-0.2, 0) is 20.8 Å². The number of benzene rings is 2. The molecule has 2 aromatic carbocycles. The fourth-order valence-electron chi connectivity index (χ4n) is 3.12. The van der Waals surface area contributed by atoms with E-state index < -0.39 is 35.8 Å². The minimum absolute atomic E-state index is 0.0618. The second-order valence-electron chi connectivity index (χ2n) is 7.89. The molecule has 0 aliphatic heterocycles. The van der Waals surface area contributed by atoms with Gasteiger partial charge in [-0.05, 0) is 30.0 Å². The summed E-state index contributed by atoms with van der Waals surface area (Å²) in [5, 5.41) is 17.1. The summed E-state index contributed by atoms with van der Waals surface area (Å²) >= 11 is 0. The van der Waals surface area contributed by atoms with Crippen molar-refractivity contribution in [2.24, 2.45) is 5.92 Å². The number of hydrogen-bond donors (Lipinski definition) is 4. The quantitative estimate of drug-likeness (QED) is 0.425. The molecule has 8 heteroatoms. The minimum atomic E-state index is -1.13. The Morgan fingerprint density at radius 3 is 2.00 bits per heavy atom. The van der Waals surface area contributed by atoms with E-state index in [1.165, 1.54) is 0 Å². The molecule has 4 N–H and O–H groups in total. The van der Waals surface area contributed by atoms with E-state index in [-0.39, 0.29) is 25.3 Å². The zero-order chi connectivity index (χ0) is 23.5. The summed E-state index contributed by atoms with van der Waals surface area (Å²) in [5.41, 5.74) is 1.22. The van der Waals surface area contributed by atoms with Crippen LogP contribution in [0.2, 0.25) is 0 Å². The summed E-state index contributed by atoms with van der Waals surface area (Å²) in [5.74, 6) is -2.63. The molecule has 0 saturated heterocycles. The van der Waals surface area contributed by atoms with E-state index in [4.69, 9.17) is 0 Å². The Morgan fingerprint density at radius 1 is 0.844 bits per heavy atom. The number of aliphatic carboxylic acids is 1. The zero-order valence-electron chi connectivity index (χ0n) is 18.2. The Hall–Kier alpha value is -3.68. The first-order chi connectivity index (χ1) is 15.3. The van der Waals surface area contributed by atoms with E-state index in [9.17, 15) is 24.3 Å². The second-order valence-corrected chi connectivity index (χ2v) is 7.89. The number of carboxylic acids is 1. The number of amides is 3. The van der Waals surface area contributed by atoms with Crippen LogP contribution in [0.25, 0.3) is 0 Å². The number of hydrogen-bond acceptors (Lipinski definition) is 4. The van der Waals surface area contributed by atoms with Gasteiger partial charge in [-0.3, -0.25) is 14.4 Å². The number of carbonyl (C=O) groups excluding carboxylic acids is 3. The standard InChI is InChI=1S/C24H29N3O5/c1-16(2)13-20(24(31)32)27-23(30)19(14-17-9-5-3-6-10-17)26-21(28)15-25-22(29)18-11-7-4-8-12-18/h3-12,16,19-20H,13-15H2,1-2H3,(H,25,29)(H,26,28)(H,27,30)(H,31,32)/t19-,20-/m0/s1. The Labute approximate surface area is 187 Å². The van der Waals surface area contributed by atoms with Gasteiger partial charge in [0, 0.05) is 12.0 Å². The van der Waals surface area contributed by atoms with Crippen molar-refractivity contribution in [3.05, 3.63) is 71.8 Å². The van der Waals surface area contributed by atoms with Gasteiger partial charge in [0.05, 0.1) is 6.54 Å².